The zero-order valence-electron chi connectivity index (χ0n) is 8.27. The van der Waals surface area contributed by atoms with Gasteiger partial charge < -0.3 is 5.73 Å². The Morgan fingerprint density at radius 2 is 2.00 bits per heavy atom. The normalized spacial score (nSPS) is 12.1. The van der Waals surface area contributed by atoms with Gasteiger partial charge in [0.05, 0.1) is 4.47 Å². The molecule has 0 amide bonds. The molecule has 0 radical (unpaired) electrons. The van der Waals surface area contributed by atoms with E-state index in [0.717, 1.165) is 6.42 Å². The third kappa shape index (κ3) is 3.40. The van der Waals surface area contributed by atoms with Gasteiger partial charge >= 0.3 is 0 Å². The number of rotatable bonds is 3. The van der Waals surface area contributed by atoms with Crippen molar-refractivity contribution in [3.05, 3.63) is 33.8 Å². The highest BCUT2D eigenvalue weighted by molar-refractivity contribution is 9.10. The molecule has 0 bridgehead atoms. The van der Waals surface area contributed by atoms with Gasteiger partial charge in [-0.05, 0) is 34.5 Å². The Kier molecular flexibility index (Phi) is 6.32. The molecule has 0 aliphatic carbocycles. The standard InChI is InChI=1S/C10H12BrF2N.ClH/c1-2-3-8(14)9-7(12)5-4-6(11)10(9)13;/h4-5,8H,2-3,14H2,1H3;1H/t8-;/m1./s1. The van der Waals surface area contributed by atoms with Gasteiger partial charge in [-0.3, -0.25) is 0 Å². The van der Waals surface area contributed by atoms with Crippen molar-refractivity contribution in [1.82, 2.24) is 0 Å². The van der Waals surface area contributed by atoms with Gasteiger partial charge in [-0.25, -0.2) is 8.78 Å². The van der Waals surface area contributed by atoms with Crippen LogP contribution < -0.4 is 5.73 Å². The fourth-order valence-electron chi connectivity index (χ4n) is 1.34. The van der Waals surface area contributed by atoms with Gasteiger partial charge in [0.2, 0.25) is 0 Å². The first-order valence-electron chi connectivity index (χ1n) is 4.46. The van der Waals surface area contributed by atoms with Crippen LogP contribution in [0.2, 0.25) is 0 Å². The first-order chi connectivity index (χ1) is 6.57. The largest absolute Gasteiger partial charge is 0.324 e. The Hall–Kier alpha value is -0.190. The van der Waals surface area contributed by atoms with Crippen LogP contribution in [0.1, 0.15) is 31.4 Å². The zero-order chi connectivity index (χ0) is 10.7. The van der Waals surface area contributed by atoms with E-state index in [4.69, 9.17) is 5.73 Å². The highest BCUT2D eigenvalue weighted by Gasteiger charge is 2.17. The zero-order valence-corrected chi connectivity index (χ0v) is 10.7. The van der Waals surface area contributed by atoms with E-state index in [9.17, 15) is 8.78 Å². The Balaban J connectivity index is 0.00000196. The molecule has 1 aromatic rings. The van der Waals surface area contributed by atoms with Crippen LogP contribution in [0.25, 0.3) is 0 Å². The third-order valence-electron chi connectivity index (χ3n) is 2.05. The summed E-state index contributed by atoms with van der Waals surface area (Å²) in [7, 11) is 0. The molecule has 0 spiro atoms. The van der Waals surface area contributed by atoms with E-state index in [-0.39, 0.29) is 22.4 Å². The maximum atomic E-state index is 13.5. The monoisotopic (exact) mass is 299 g/mol. The molecule has 0 unspecified atom stereocenters. The lowest BCUT2D eigenvalue weighted by atomic mass is 10.0. The summed E-state index contributed by atoms with van der Waals surface area (Å²) in [4.78, 5) is 0. The van der Waals surface area contributed by atoms with Crippen LogP contribution in [0.4, 0.5) is 8.78 Å². The highest BCUT2D eigenvalue weighted by atomic mass is 79.9. The average Bonchev–Trinajstić information content (AvgIpc) is 2.13. The van der Waals surface area contributed by atoms with Crippen molar-refractivity contribution in [3.63, 3.8) is 0 Å². The van der Waals surface area contributed by atoms with Crippen molar-refractivity contribution in [1.29, 1.82) is 0 Å². The number of hydrogen-bond acceptors (Lipinski definition) is 1. The molecule has 1 rings (SSSR count). The molecule has 0 aliphatic heterocycles. The molecule has 2 N–H and O–H groups in total. The molecule has 0 saturated carbocycles. The van der Waals surface area contributed by atoms with Crippen LogP contribution in [-0.2, 0) is 0 Å². The van der Waals surface area contributed by atoms with Gasteiger partial charge in [0, 0.05) is 11.6 Å². The summed E-state index contributed by atoms with van der Waals surface area (Å²) >= 11 is 3.00. The SMILES string of the molecule is CCC[C@@H](N)c1c(F)ccc(Br)c1F.Cl. The molecule has 0 heterocycles. The molecule has 86 valence electrons. The van der Waals surface area contributed by atoms with E-state index in [0.29, 0.717) is 6.42 Å². The van der Waals surface area contributed by atoms with Gasteiger partial charge in [0.15, 0.2) is 0 Å². The lowest BCUT2D eigenvalue weighted by molar-refractivity contribution is 0.506. The molecule has 1 atom stereocenters. The molecule has 0 saturated heterocycles. The van der Waals surface area contributed by atoms with E-state index >= 15 is 0 Å². The molecule has 1 nitrogen and oxygen atoms in total. The lowest BCUT2D eigenvalue weighted by Crippen LogP contribution is -2.14. The lowest BCUT2D eigenvalue weighted by Gasteiger charge is -2.13. The summed E-state index contributed by atoms with van der Waals surface area (Å²) in [6, 6.07) is 1.99. The molecule has 0 fully saturated rings. The van der Waals surface area contributed by atoms with Crippen LogP contribution in [0, 0.1) is 11.6 Å². The summed E-state index contributed by atoms with van der Waals surface area (Å²) in [6.07, 6.45) is 1.37. The smallest absolute Gasteiger partial charge is 0.145 e. The van der Waals surface area contributed by atoms with Gasteiger partial charge in [-0.15, -0.1) is 12.4 Å². The Labute approximate surface area is 103 Å². The van der Waals surface area contributed by atoms with Crippen LogP contribution in [0.15, 0.2) is 16.6 Å². The predicted octanol–water partition coefficient (Wildman–Crippen LogP) is 3.95. The first kappa shape index (κ1) is 14.8. The number of hydrogen-bond donors (Lipinski definition) is 1. The average molecular weight is 301 g/mol. The number of halogens is 4. The van der Waals surface area contributed by atoms with Crippen LogP contribution in [-0.4, -0.2) is 0 Å². The van der Waals surface area contributed by atoms with Crippen LogP contribution >= 0.6 is 28.3 Å². The molecule has 5 heteroatoms. The first-order valence-corrected chi connectivity index (χ1v) is 5.26. The Morgan fingerprint density at radius 1 is 1.40 bits per heavy atom. The maximum Gasteiger partial charge on any atom is 0.145 e. The maximum absolute atomic E-state index is 13.5. The van der Waals surface area contributed by atoms with Crippen molar-refractivity contribution in [3.8, 4) is 0 Å². The Morgan fingerprint density at radius 3 is 2.53 bits per heavy atom. The fraction of sp³-hybridized carbons (Fsp3) is 0.400. The second kappa shape index (κ2) is 6.40. The van der Waals surface area contributed by atoms with Gasteiger partial charge in [-0.1, -0.05) is 13.3 Å². The summed E-state index contributed by atoms with van der Waals surface area (Å²) in [5.74, 6) is -1.17. The van der Waals surface area contributed by atoms with E-state index < -0.39 is 17.7 Å². The van der Waals surface area contributed by atoms with E-state index in [1.165, 1.54) is 12.1 Å². The van der Waals surface area contributed by atoms with Crippen LogP contribution in [0.5, 0.6) is 0 Å². The van der Waals surface area contributed by atoms with E-state index in [1.807, 2.05) is 6.92 Å². The van der Waals surface area contributed by atoms with Crippen molar-refractivity contribution >= 4 is 28.3 Å². The molecule has 15 heavy (non-hydrogen) atoms. The van der Waals surface area contributed by atoms with Gasteiger partial charge in [0.25, 0.3) is 0 Å². The van der Waals surface area contributed by atoms with Crippen molar-refractivity contribution in [2.75, 3.05) is 0 Å². The minimum atomic E-state index is -0.592. The highest BCUT2D eigenvalue weighted by Crippen LogP contribution is 2.27. The van der Waals surface area contributed by atoms with E-state index in [1.54, 1.807) is 0 Å². The molecule has 0 aliphatic rings. The third-order valence-corrected chi connectivity index (χ3v) is 2.66. The van der Waals surface area contributed by atoms with Crippen LogP contribution in [0.3, 0.4) is 0 Å². The summed E-state index contributed by atoms with van der Waals surface area (Å²) in [5.41, 5.74) is 5.65. The molecule has 0 aromatic heterocycles. The quantitative estimate of drug-likeness (QED) is 0.841. The molecular weight excluding hydrogens is 287 g/mol. The fourth-order valence-corrected chi connectivity index (χ4v) is 1.68. The van der Waals surface area contributed by atoms with Crippen molar-refractivity contribution in [2.45, 2.75) is 25.8 Å². The topological polar surface area (TPSA) is 26.0 Å². The molecule has 1 aromatic carbocycles. The van der Waals surface area contributed by atoms with Gasteiger partial charge in [0.1, 0.15) is 11.6 Å². The second-order valence-corrected chi connectivity index (χ2v) is 4.01. The predicted molar refractivity (Wildman–Crippen MR) is 63.1 cm³/mol. The number of nitrogens with two attached hydrogens (primary N) is 1. The number of benzene rings is 1. The summed E-state index contributed by atoms with van der Waals surface area (Å²) < 4.78 is 27.0. The minimum absolute atomic E-state index is 0. The van der Waals surface area contributed by atoms with Crippen molar-refractivity contribution in [2.24, 2.45) is 5.73 Å². The second-order valence-electron chi connectivity index (χ2n) is 3.15. The van der Waals surface area contributed by atoms with E-state index in [2.05, 4.69) is 15.9 Å². The molecular formula is C10H13BrClF2N. The summed E-state index contributed by atoms with van der Waals surface area (Å²) in [6.45, 7) is 1.92. The summed E-state index contributed by atoms with van der Waals surface area (Å²) in [5, 5.41) is 0. The van der Waals surface area contributed by atoms with Gasteiger partial charge in [-0.2, -0.15) is 0 Å². The van der Waals surface area contributed by atoms with Crippen molar-refractivity contribution < 1.29 is 8.78 Å². The Bertz CT molecular complexity index is 333. The minimum Gasteiger partial charge on any atom is -0.324 e.